The predicted octanol–water partition coefficient (Wildman–Crippen LogP) is 4.97. The Kier molecular flexibility index (Phi) is 4.71. The Bertz CT molecular complexity index is 1150. The fourth-order valence-electron chi connectivity index (χ4n) is 4.06. The quantitative estimate of drug-likeness (QED) is 0.500. The lowest BCUT2D eigenvalue weighted by atomic mass is 9.64. The normalized spacial score (nSPS) is 14.8. The second-order valence-corrected chi connectivity index (χ2v) is 7.77. The molecule has 0 aliphatic heterocycles. The third-order valence-electron chi connectivity index (χ3n) is 5.86. The molecule has 0 bridgehead atoms. The molecule has 1 N–H and O–H groups in total. The molecule has 0 saturated heterocycles. The number of nitrogens with one attached hydrogen (secondary N) is 1. The van der Waals surface area contributed by atoms with Gasteiger partial charge in [0.05, 0.1) is 11.1 Å². The maximum Gasteiger partial charge on any atom is 0.235 e. The molecule has 5 rings (SSSR count). The summed E-state index contributed by atoms with van der Waals surface area (Å²) in [5.41, 5.74) is 3.16. The Balaban J connectivity index is 1.28. The Morgan fingerprint density at radius 3 is 2.63 bits per heavy atom. The van der Waals surface area contributed by atoms with Gasteiger partial charge in [-0.3, -0.25) is 4.79 Å². The summed E-state index contributed by atoms with van der Waals surface area (Å²) < 4.78 is 7.90. The minimum atomic E-state index is -0.422. The van der Waals surface area contributed by atoms with E-state index in [0.717, 1.165) is 41.9 Å². The molecular formula is C25H23N3O2. The van der Waals surface area contributed by atoms with Crippen molar-refractivity contribution in [3.05, 3.63) is 96.4 Å². The van der Waals surface area contributed by atoms with Gasteiger partial charge in [0, 0.05) is 24.1 Å². The van der Waals surface area contributed by atoms with Crippen LogP contribution < -0.4 is 10.1 Å². The molecule has 1 aliphatic rings. The van der Waals surface area contributed by atoms with Crippen LogP contribution in [0.1, 0.15) is 30.5 Å². The first-order valence-electron chi connectivity index (χ1n) is 10.3. The van der Waals surface area contributed by atoms with Crippen LogP contribution in [0.3, 0.4) is 0 Å². The molecule has 0 spiro atoms. The van der Waals surface area contributed by atoms with Crippen molar-refractivity contribution >= 4 is 17.2 Å². The summed E-state index contributed by atoms with van der Waals surface area (Å²) in [4.78, 5) is 17.7. The van der Waals surface area contributed by atoms with Gasteiger partial charge in [-0.25, -0.2) is 4.98 Å². The van der Waals surface area contributed by atoms with Gasteiger partial charge in [0.1, 0.15) is 18.0 Å². The number of fused-ring (bicyclic) bond motifs is 1. The maximum atomic E-state index is 13.1. The third kappa shape index (κ3) is 3.43. The SMILES string of the molecule is O=C(Nc1cccc(OCc2cn3ccccc3n2)c1)C1(c2ccccc2)CCC1. The van der Waals surface area contributed by atoms with E-state index in [4.69, 9.17) is 4.74 Å². The highest BCUT2D eigenvalue weighted by atomic mass is 16.5. The van der Waals surface area contributed by atoms with Gasteiger partial charge in [-0.1, -0.05) is 48.9 Å². The van der Waals surface area contributed by atoms with E-state index in [1.165, 1.54) is 0 Å². The van der Waals surface area contributed by atoms with E-state index in [-0.39, 0.29) is 5.91 Å². The number of carbonyl (C=O) groups excluding carboxylic acids is 1. The summed E-state index contributed by atoms with van der Waals surface area (Å²) in [6, 6.07) is 23.5. The molecule has 1 amide bonds. The summed E-state index contributed by atoms with van der Waals surface area (Å²) in [5, 5.41) is 3.10. The molecule has 2 heterocycles. The number of pyridine rings is 1. The number of rotatable bonds is 6. The Morgan fingerprint density at radius 1 is 1.03 bits per heavy atom. The molecule has 0 radical (unpaired) electrons. The smallest absolute Gasteiger partial charge is 0.235 e. The topological polar surface area (TPSA) is 55.6 Å². The van der Waals surface area contributed by atoms with Gasteiger partial charge in [-0.15, -0.1) is 0 Å². The Hall–Kier alpha value is -3.60. The van der Waals surface area contributed by atoms with E-state index < -0.39 is 5.41 Å². The number of hydrogen-bond acceptors (Lipinski definition) is 3. The molecule has 0 unspecified atom stereocenters. The van der Waals surface area contributed by atoms with Crippen molar-refractivity contribution in [3.8, 4) is 5.75 Å². The number of benzene rings is 2. The molecule has 4 aromatic rings. The largest absolute Gasteiger partial charge is 0.487 e. The zero-order valence-electron chi connectivity index (χ0n) is 16.6. The number of carbonyl (C=O) groups is 1. The molecular weight excluding hydrogens is 374 g/mol. The molecule has 1 fully saturated rings. The van der Waals surface area contributed by atoms with Crippen LogP contribution in [0.4, 0.5) is 5.69 Å². The van der Waals surface area contributed by atoms with Crippen molar-refractivity contribution in [2.24, 2.45) is 0 Å². The molecule has 30 heavy (non-hydrogen) atoms. The minimum Gasteiger partial charge on any atom is -0.487 e. The molecule has 2 aromatic heterocycles. The van der Waals surface area contributed by atoms with Gasteiger partial charge in [0.25, 0.3) is 0 Å². The standard InChI is InChI=1S/C25H23N3O2/c29-24(25(13-7-14-25)19-8-2-1-3-9-19)27-20-10-6-11-22(16-20)30-18-21-17-28-15-5-4-12-23(28)26-21/h1-6,8-12,15-17H,7,13-14,18H2,(H,27,29). The maximum absolute atomic E-state index is 13.1. The highest BCUT2D eigenvalue weighted by Crippen LogP contribution is 2.44. The first kappa shape index (κ1) is 18.4. The first-order valence-corrected chi connectivity index (χ1v) is 10.3. The highest BCUT2D eigenvalue weighted by Gasteiger charge is 2.45. The summed E-state index contributed by atoms with van der Waals surface area (Å²) in [7, 11) is 0. The number of nitrogens with zero attached hydrogens (tertiary/aromatic N) is 2. The van der Waals surface area contributed by atoms with Gasteiger partial charge in [-0.2, -0.15) is 0 Å². The predicted molar refractivity (Wildman–Crippen MR) is 117 cm³/mol. The molecule has 1 aliphatic carbocycles. The van der Waals surface area contributed by atoms with Gasteiger partial charge in [0.2, 0.25) is 5.91 Å². The number of aromatic nitrogens is 2. The van der Waals surface area contributed by atoms with Crippen LogP contribution in [0.2, 0.25) is 0 Å². The van der Waals surface area contributed by atoms with E-state index in [9.17, 15) is 4.79 Å². The molecule has 5 heteroatoms. The van der Waals surface area contributed by atoms with Crippen LogP contribution in [0, 0.1) is 0 Å². The van der Waals surface area contributed by atoms with E-state index in [2.05, 4.69) is 10.3 Å². The van der Waals surface area contributed by atoms with Crippen molar-refractivity contribution < 1.29 is 9.53 Å². The van der Waals surface area contributed by atoms with E-state index in [0.29, 0.717) is 12.4 Å². The fraction of sp³-hybridized carbons (Fsp3) is 0.200. The van der Waals surface area contributed by atoms with Crippen LogP contribution >= 0.6 is 0 Å². The Labute approximate surface area is 175 Å². The van der Waals surface area contributed by atoms with Gasteiger partial charge in [0.15, 0.2) is 0 Å². The van der Waals surface area contributed by atoms with Crippen molar-refractivity contribution in [2.75, 3.05) is 5.32 Å². The molecule has 150 valence electrons. The van der Waals surface area contributed by atoms with Crippen LogP contribution in [0.15, 0.2) is 85.2 Å². The number of anilines is 1. The molecule has 1 saturated carbocycles. The molecule has 2 aromatic carbocycles. The van der Waals surface area contributed by atoms with Crippen molar-refractivity contribution in [1.82, 2.24) is 9.38 Å². The summed E-state index contributed by atoms with van der Waals surface area (Å²) in [6.07, 6.45) is 6.76. The highest BCUT2D eigenvalue weighted by molar-refractivity contribution is 6.00. The Morgan fingerprint density at radius 2 is 1.87 bits per heavy atom. The number of hydrogen-bond donors (Lipinski definition) is 1. The minimum absolute atomic E-state index is 0.0532. The summed E-state index contributed by atoms with van der Waals surface area (Å²) in [5.74, 6) is 0.754. The second kappa shape index (κ2) is 7.67. The molecule has 0 atom stereocenters. The van der Waals surface area contributed by atoms with Crippen LogP contribution in [-0.4, -0.2) is 15.3 Å². The summed E-state index contributed by atoms with van der Waals surface area (Å²) >= 11 is 0. The van der Waals surface area contributed by atoms with Gasteiger partial charge >= 0.3 is 0 Å². The van der Waals surface area contributed by atoms with E-state index in [1.807, 2.05) is 89.6 Å². The molecule has 5 nitrogen and oxygen atoms in total. The second-order valence-electron chi connectivity index (χ2n) is 7.77. The zero-order chi connectivity index (χ0) is 20.4. The average Bonchev–Trinajstić information content (AvgIpc) is 3.16. The first-order chi connectivity index (χ1) is 14.7. The van der Waals surface area contributed by atoms with E-state index >= 15 is 0 Å². The lowest BCUT2D eigenvalue weighted by Crippen LogP contribution is -2.45. The lowest BCUT2D eigenvalue weighted by molar-refractivity contribution is -0.124. The van der Waals surface area contributed by atoms with Gasteiger partial charge < -0.3 is 14.5 Å². The van der Waals surface area contributed by atoms with Crippen molar-refractivity contribution in [3.63, 3.8) is 0 Å². The van der Waals surface area contributed by atoms with Crippen LogP contribution in [-0.2, 0) is 16.8 Å². The monoisotopic (exact) mass is 397 g/mol. The van der Waals surface area contributed by atoms with E-state index in [1.54, 1.807) is 0 Å². The third-order valence-corrected chi connectivity index (χ3v) is 5.86. The zero-order valence-corrected chi connectivity index (χ0v) is 16.6. The fourth-order valence-corrected chi connectivity index (χ4v) is 4.06. The number of amides is 1. The van der Waals surface area contributed by atoms with Crippen LogP contribution in [0.5, 0.6) is 5.75 Å². The van der Waals surface area contributed by atoms with Crippen molar-refractivity contribution in [1.29, 1.82) is 0 Å². The number of ether oxygens (including phenoxy) is 1. The average molecular weight is 397 g/mol. The van der Waals surface area contributed by atoms with Crippen molar-refractivity contribution in [2.45, 2.75) is 31.3 Å². The number of imidazole rings is 1. The van der Waals surface area contributed by atoms with Crippen LogP contribution in [0.25, 0.3) is 5.65 Å². The summed E-state index contributed by atoms with van der Waals surface area (Å²) in [6.45, 7) is 0.368. The lowest BCUT2D eigenvalue weighted by Gasteiger charge is -2.40. The van der Waals surface area contributed by atoms with Gasteiger partial charge in [-0.05, 0) is 42.7 Å².